The Morgan fingerprint density at radius 2 is 1.39 bits per heavy atom. The van der Waals surface area contributed by atoms with Crippen molar-refractivity contribution in [2.24, 2.45) is 11.8 Å². The molecule has 0 amide bonds. The number of hydrogen-bond donors (Lipinski definition) is 1. The average molecular weight is 479 g/mol. The Labute approximate surface area is 198 Å². The van der Waals surface area contributed by atoms with Crippen molar-refractivity contribution >= 4 is 10.1 Å². The van der Waals surface area contributed by atoms with E-state index in [0.29, 0.717) is 12.3 Å². The molecule has 3 rings (SSSR count). The van der Waals surface area contributed by atoms with Crippen molar-refractivity contribution in [2.75, 3.05) is 13.2 Å². The lowest BCUT2D eigenvalue weighted by Gasteiger charge is -2.13. The van der Waals surface area contributed by atoms with Crippen LogP contribution in [-0.4, -0.2) is 26.7 Å². The summed E-state index contributed by atoms with van der Waals surface area (Å²) in [6, 6.07) is 14.2. The van der Waals surface area contributed by atoms with Crippen LogP contribution in [0.1, 0.15) is 51.2 Å². The molecule has 2 aromatic heterocycles. The molecule has 0 bridgehead atoms. The zero-order chi connectivity index (χ0) is 23.4. The van der Waals surface area contributed by atoms with Crippen LogP contribution in [0.3, 0.4) is 0 Å². The van der Waals surface area contributed by atoms with E-state index < -0.39 is 10.1 Å². The van der Waals surface area contributed by atoms with Crippen molar-refractivity contribution < 1.29 is 26.5 Å². The lowest BCUT2D eigenvalue weighted by atomic mass is 10.0. The number of aryl methyl sites for hydroxylation is 1. The molecule has 33 heavy (non-hydrogen) atoms. The molecule has 1 aromatic carbocycles. The van der Waals surface area contributed by atoms with E-state index in [0.717, 1.165) is 36.3 Å². The summed E-state index contributed by atoms with van der Waals surface area (Å²) >= 11 is 0. The van der Waals surface area contributed by atoms with E-state index >= 15 is 0 Å². The van der Waals surface area contributed by atoms with Crippen molar-refractivity contribution in [2.45, 2.75) is 58.8 Å². The highest BCUT2D eigenvalue weighted by Gasteiger charge is 2.18. The van der Waals surface area contributed by atoms with Crippen molar-refractivity contribution in [1.82, 2.24) is 0 Å². The van der Waals surface area contributed by atoms with Crippen LogP contribution in [0, 0.1) is 18.8 Å². The van der Waals surface area contributed by atoms with E-state index in [2.05, 4.69) is 6.92 Å². The second kappa shape index (κ2) is 14.7. The fraction of sp³-hybridized carbons (Fsp3) is 0.462. The third kappa shape index (κ3) is 9.98. The van der Waals surface area contributed by atoms with E-state index in [1.54, 1.807) is 36.8 Å². The minimum atomic E-state index is -3.69. The van der Waals surface area contributed by atoms with Crippen LogP contribution in [0.2, 0.25) is 0 Å². The van der Waals surface area contributed by atoms with Gasteiger partial charge in [0.25, 0.3) is 10.1 Å². The van der Waals surface area contributed by atoms with Crippen molar-refractivity contribution in [3.8, 4) is 0 Å². The molecule has 0 unspecified atom stereocenters. The highest BCUT2D eigenvalue weighted by atomic mass is 32.2. The first-order valence-electron chi connectivity index (χ1n) is 11.0. The second-order valence-electron chi connectivity index (χ2n) is 7.85. The van der Waals surface area contributed by atoms with Gasteiger partial charge in [-0.1, -0.05) is 51.8 Å². The van der Waals surface area contributed by atoms with Gasteiger partial charge in [-0.2, -0.15) is 8.42 Å². The number of aliphatic hydroxyl groups excluding tert-OH is 1. The number of aliphatic hydroxyl groups is 1. The molecular formula is C26H38O6S. The maximum atomic E-state index is 12.1. The number of benzene rings is 1. The van der Waals surface area contributed by atoms with Crippen LogP contribution in [0.5, 0.6) is 0 Å². The van der Waals surface area contributed by atoms with Crippen LogP contribution in [0.4, 0.5) is 0 Å². The lowest BCUT2D eigenvalue weighted by molar-refractivity contribution is 0.216. The molecule has 0 radical (unpaired) electrons. The van der Waals surface area contributed by atoms with Gasteiger partial charge in [0.05, 0.1) is 24.0 Å². The molecule has 3 aromatic rings. The summed E-state index contributed by atoms with van der Waals surface area (Å²) in [5, 5.41) is 8.88. The first-order chi connectivity index (χ1) is 15.4. The van der Waals surface area contributed by atoms with E-state index in [-0.39, 0.29) is 31.5 Å². The largest absolute Gasteiger partial charge is 0.469 e. The molecular weight excluding hydrogens is 440 g/mol. The van der Waals surface area contributed by atoms with Gasteiger partial charge in [-0.15, -0.1) is 0 Å². The number of hydrogen-bond acceptors (Lipinski definition) is 6. The first-order valence-corrected chi connectivity index (χ1v) is 12.4. The summed E-state index contributed by atoms with van der Waals surface area (Å²) in [6.45, 7) is 6.40. The van der Waals surface area contributed by atoms with E-state index in [1.165, 1.54) is 0 Å². The van der Waals surface area contributed by atoms with Crippen LogP contribution < -0.4 is 0 Å². The van der Waals surface area contributed by atoms with Gasteiger partial charge in [-0.05, 0) is 55.2 Å². The maximum Gasteiger partial charge on any atom is 0.296 e. The van der Waals surface area contributed by atoms with E-state index in [4.69, 9.17) is 18.1 Å². The molecule has 0 saturated heterocycles. The van der Waals surface area contributed by atoms with Crippen LogP contribution in [0.25, 0.3) is 0 Å². The van der Waals surface area contributed by atoms with E-state index in [9.17, 15) is 8.42 Å². The van der Waals surface area contributed by atoms with Gasteiger partial charge < -0.3 is 13.9 Å². The molecule has 0 fully saturated rings. The number of furan rings is 2. The van der Waals surface area contributed by atoms with Gasteiger partial charge in [0.15, 0.2) is 0 Å². The Morgan fingerprint density at radius 3 is 1.82 bits per heavy atom. The van der Waals surface area contributed by atoms with Gasteiger partial charge in [0.2, 0.25) is 0 Å². The topological polar surface area (TPSA) is 89.9 Å². The third-order valence-corrected chi connectivity index (χ3v) is 6.62. The monoisotopic (exact) mass is 478 g/mol. The molecule has 2 atom stereocenters. The Kier molecular flexibility index (Phi) is 12.8. The highest BCUT2D eigenvalue weighted by Crippen LogP contribution is 2.18. The molecule has 7 heteroatoms. The molecule has 0 saturated carbocycles. The summed E-state index contributed by atoms with van der Waals surface area (Å²) < 4.78 is 39.9. The van der Waals surface area contributed by atoms with Gasteiger partial charge in [-0.3, -0.25) is 4.18 Å². The summed E-state index contributed by atoms with van der Waals surface area (Å²) in [7, 11) is -3.69. The van der Waals surface area contributed by atoms with Crippen molar-refractivity contribution in [3.05, 3.63) is 78.1 Å². The van der Waals surface area contributed by atoms with Crippen molar-refractivity contribution in [1.29, 1.82) is 0 Å². The van der Waals surface area contributed by atoms with E-state index in [1.807, 2.05) is 38.1 Å². The summed E-state index contributed by atoms with van der Waals surface area (Å²) in [6.07, 6.45) is 6.62. The van der Waals surface area contributed by atoms with Gasteiger partial charge in [0.1, 0.15) is 11.5 Å². The fourth-order valence-electron chi connectivity index (χ4n) is 3.04. The predicted octanol–water partition coefficient (Wildman–Crippen LogP) is 6.04. The molecule has 0 aliphatic heterocycles. The smallest absolute Gasteiger partial charge is 0.296 e. The second-order valence-corrected chi connectivity index (χ2v) is 9.47. The highest BCUT2D eigenvalue weighted by molar-refractivity contribution is 7.86. The van der Waals surface area contributed by atoms with Gasteiger partial charge in [-0.25, -0.2) is 0 Å². The minimum absolute atomic E-state index is 0. The minimum Gasteiger partial charge on any atom is -0.469 e. The lowest BCUT2D eigenvalue weighted by Crippen LogP contribution is -2.16. The van der Waals surface area contributed by atoms with Gasteiger partial charge >= 0.3 is 0 Å². The zero-order valence-corrected chi connectivity index (χ0v) is 19.9. The first kappa shape index (κ1) is 28.7. The molecule has 0 aliphatic carbocycles. The molecule has 184 valence electrons. The third-order valence-electron chi connectivity index (χ3n) is 5.32. The summed E-state index contributed by atoms with van der Waals surface area (Å²) in [5.41, 5.74) is 1.01. The SMILES string of the molecule is C.CC[C@H](CO)Cc1ccco1.CC[C@H](COS(=O)(=O)c1ccc(C)cc1)Cc1ccco1. The number of rotatable bonds is 11. The Balaban J connectivity index is 0.000000385. The molecule has 0 spiro atoms. The van der Waals surface area contributed by atoms with Crippen LogP contribution in [0.15, 0.2) is 74.8 Å². The van der Waals surface area contributed by atoms with Gasteiger partial charge in [0, 0.05) is 19.4 Å². The zero-order valence-electron chi connectivity index (χ0n) is 19.1. The quantitative estimate of drug-likeness (QED) is 0.338. The normalized spacial score (nSPS) is 12.8. The summed E-state index contributed by atoms with van der Waals surface area (Å²) in [5.74, 6) is 2.27. The Bertz CT molecular complexity index is 956. The maximum absolute atomic E-state index is 12.1. The standard InChI is InChI=1S/C16H20O4S.C9H14O2.CH4/c1-3-14(11-15-5-4-10-19-15)12-20-21(17,18)16-8-6-13(2)7-9-16;1-2-8(7-10)6-9-4-3-5-11-9;/h4-10,14H,3,11-12H2,1-2H3;3-5,8,10H,2,6-7H2,1H3;1H4/t14-;8-;/m00./s1. The molecule has 6 nitrogen and oxygen atoms in total. The predicted molar refractivity (Wildman–Crippen MR) is 131 cm³/mol. The van der Waals surface area contributed by atoms with Crippen LogP contribution >= 0.6 is 0 Å². The molecule has 1 N–H and O–H groups in total. The Morgan fingerprint density at radius 1 is 0.879 bits per heavy atom. The fourth-order valence-corrected chi connectivity index (χ4v) is 4.02. The average Bonchev–Trinajstić information content (AvgIpc) is 3.50. The molecule has 2 heterocycles. The van der Waals surface area contributed by atoms with Crippen molar-refractivity contribution in [3.63, 3.8) is 0 Å². The Hall–Kier alpha value is -2.35. The summed E-state index contributed by atoms with van der Waals surface area (Å²) in [4.78, 5) is 0.195. The molecule has 0 aliphatic rings. The van der Waals surface area contributed by atoms with Crippen LogP contribution in [-0.2, 0) is 27.1 Å².